The summed E-state index contributed by atoms with van der Waals surface area (Å²) in [5.74, 6) is -0.249. The van der Waals surface area contributed by atoms with E-state index in [9.17, 15) is 9.50 Å². The number of benzene rings is 2. The van der Waals surface area contributed by atoms with Gasteiger partial charge in [-0.1, -0.05) is 28.1 Å². The summed E-state index contributed by atoms with van der Waals surface area (Å²) in [4.78, 5) is 2.01. The third-order valence-corrected chi connectivity index (χ3v) is 3.87. The summed E-state index contributed by atoms with van der Waals surface area (Å²) >= 11 is 3.47. The number of halogens is 2. The molecule has 0 aliphatic heterocycles. The van der Waals surface area contributed by atoms with Crippen LogP contribution in [0, 0.1) is 5.82 Å². The van der Waals surface area contributed by atoms with E-state index in [1.54, 1.807) is 13.0 Å². The van der Waals surface area contributed by atoms with Gasteiger partial charge in [-0.25, -0.2) is 4.39 Å². The van der Waals surface area contributed by atoms with Gasteiger partial charge in [-0.2, -0.15) is 0 Å². The fraction of sp³-hybridized carbons (Fsp3) is 0.250. The fourth-order valence-corrected chi connectivity index (χ4v) is 2.88. The van der Waals surface area contributed by atoms with E-state index in [4.69, 9.17) is 0 Å². The molecule has 0 amide bonds. The molecule has 0 heterocycles. The van der Waals surface area contributed by atoms with Crippen LogP contribution in [-0.2, 0) is 0 Å². The Morgan fingerprint density at radius 3 is 2.45 bits per heavy atom. The SMILES string of the molecule is CCN(c1cccc(F)c1)c1ccc(C(C)O)c(Br)c1. The maximum Gasteiger partial charge on any atom is 0.125 e. The van der Waals surface area contributed by atoms with Crippen molar-refractivity contribution in [1.29, 1.82) is 0 Å². The van der Waals surface area contributed by atoms with Crippen LogP contribution in [0.4, 0.5) is 15.8 Å². The van der Waals surface area contributed by atoms with Crippen LogP contribution >= 0.6 is 15.9 Å². The van der Waals surface area contributed by atoms with Crippen LogP contribution in [0.15, 0.2) is 46.9 Å². The number of nitrogens with zero attached hydrogens (tertiary/aromatic N) is 1. The molecule has 0 saturated carbocycles. The second-order valence-corrected chi connectivity index (χ2v) is 5.46. The van der Waals surface area contributed by atoms with E-state index in [1.807, 2.05) is 36.1 Å². The molecule has 0 fully saturated rings. The molecule has 0 bridgehead atoms. The monoisotopic (exact) mass is 337 g/mol. The van der Waals surface area contributed by atoms with Crippen molar-refractivity contribution in [2.75, 3.05) is 11.4 Å². The maximum absolute atomic E-state index is 13.4. The molecule has 20 heavy (non-hydrogen) atoms. The molecule has 0 saturated heterocycles. The van der Waals surface area contributed by atoms with E-state index in [2.05, 4.69) is 15.9 Å². The van der Waals surface area contributed by atoms with Crippen molar-refractivity contribution in [2.24, 2.45) is 0 Å². The van der Waals surface area contributed by atoms with Crippen LogP contribution in [-0.4, -0.2) is 11.7 Å². The van der Waals surface area contributed by atoms with Crippen LogP contribution in [0.5, 0.6) is 0 Å². The highest BCUT2D eigenvalue weighted by Gasteiger charge is 2.12. The fourth-order valence-electron chi connectivity index (χ4n) is 2.18. The Labute approximate surface area is 127 Å². The van der Waals surface area contributed by atoms with Gasteiger partial charge in [0.2, 0.25) is 0 Å². The zero-order chi connectivity index (χ0) is 14.7. The Morgan fingerprint density at radius 1 is 1.20 bits per heavy atom. The first kappa shape index (κ1) is 15.0. The van der Waals surface area contributed by atoms with Crippen LogP contribution in [0.3, 0.4) is 0 Å². The average molecular weight is 338 g/mol. The largest absolute Gasteiger partial charge is 0.389 e. The van der Waals surface area contributed by atoms with E-state index >= 15 is 0 Å². The minimum Gasteiger partial charge on any atom is -0.389 e. The highest BCUT2D eigenvalue weighted by Crippen LogP contribution is 2.31. The smallest absolute Gasteiger partial charge is 0.125 e. The molecule has 0 spiro atoms. The zero-order valence-corrected chi connectivity index (χ0v) is 13.1. The average Bonchev–Trinajstić information content (AvgIpc) is 2.39. The predicted molar refractivity (Wildman–Crippen MR) is 83.9 cm³/mol. The zero-order valence-electron chi connectivity index (χ0n) is 11.5. The van der Waals surface area contributed by atoms with Crippen LogP contribution in [0.25, 0.3) is 0 Å². The van der Waals surface area contributed by atoms with E-state index in [0.29, 0.717) is 0 Å². The summed E-state index contributed by atoms with van der Waals surface area (Å²) in [6.45, 7) is 4.47. The van der Waals surface area contributed by atoms with E-state index < -0.39 is 6.10 Å². The third kappa shape index (κ3) is 3.19. The molecule has 0 aromatic heterocycles. The molecule has 106 valence electrons. The molecule has 2 aromatic carbocycles. The number of rotatable bonds is 4. The normalized spacial score (nSPS) is 12.2. The van der Waals surface area contributed by atoms with Crippen molar-refractivity contribution in [1.82, 2.24) is 0 Å². The Bertz CT molecular complexity index is 601. The summed E-state index contributed by atoms with van der Waals surface area (Å²) in [5.41, 5.74) is 2.60. The van der Waals surface area contributed by atoms with Crippen LogP contribution in [0.2, 0.25) is 0 Å². The molecule has 0 aliphatic rings. The second-order valence-electron chi connectivity index (χ2n) is 4.61. The summed E-state index contributed by atoms with van der Waals surface area (Å²) in [6, 6.07) is 12.3. The molecule has 2 aromatic rings. The van der Waals surface area contributed by atoms with Crippen molar-refractivity contribution in [3.8, 4) is 0 Å². The van der Waals surface area contributed by atoms with E-state index in [-0.39, 0.29) is 5.82 Å². The van der Waals surface area contributed by atoms with Crippen molar-refractivity contribution < 1.29 is 9.50 Å². The molecule has 1 unspecified atom stereocenters. The Hall–Kier alpha value is -1.39. The Morgan fingerprint density at radius 2 is 1.90 bits per heavy atom. The molecule has 4 heteroatoms. The lowest BCUT2D eigenvalue weighted by molar-refractivity contribution is 0.198. The number of hydrogen-bond donors (Lipinski definition) is 1. The van der Waals surface area contributed by atoms with Crippen molar-refractivity contribution in [3.05, 3.63) is 58.3 Å². The summed E-state index contributed by atoms with van der Waals surface area (Å²) in [6.07, 6.45) is -0.525. The molecule has 0 aliphatic carbocycles. The first-order valence-electron chi connectivity index (χ1n) is 6.53. The predicted octanol–water partition coefficient (Wildman–Crippen LogP) is 4.80. The minimum absolute atomic E-state index is 0.249. The Kier molecular flexibility index (Phi) is 4.78. The third-order valence-electron chi connectivity index (χ3n) is 3.18. The quantitative estimate of drug-likeness (QED) is 0.866. The number of aliphatic hydroxyl groups is 1. The standard InChI is InChI=1S/C16H17BrFNO/c1-3-19(13-6-4-5-12(18)9-13)14-7-8-15(11(2)20)16(17)10-14/h4-11,20H,3H2,1-2H3. The number of hydrogen-bond acceptors (Lipinski definition) is 2. The highest BCUT2D eigenvalue weighted by molar-refractivity contribution is 9.10. The minimum atomic E-state index is -0.525. The molecule has 2 rings (SSSR count). The van der Waals surface area contributed by atoms with Gasteiger partial charge in [-0.15, -0.1) is 0 Å². The van der Waals surface area contributed by atoms with Gasteiger partial charge in [-0.05, 0) is 49.7 Å². The van der Waals surface area contributed by atoms with Crippen LogP contribution < -0.4 is 4.90 Å². The summed E-state index contributed by atoms with van der Waals surface area (Å²) in [5, 5.41) is 9.65. The van der Waals surface area contributed by atoms with Gasteiger partial charge in [0.05, 0.1) is 6.10 Å². The molecule has 1 N–H and O–H groups in total. The number of aliphatic hydroxyl groups excluding tert-OH is 1. The maximum atomic E-state index is 13.4. The highest BCUT2D eigenvalue weighted by atomic mass is 79.9. The summed E-state index contributed by atoms with van der Waals surface area (Å²) in [7, 11) is 0. The van der Waals surface area contributed by atoms with E-state index in [0.717, 1.165) is 28.0 Å². The van der Waals surface area contributed by atoms with E-state index in [1.165, 1.54) is 12.1 Å². The van der Waals surface area contributed by atoms with Crippen LogP contribution in [0.1, 0.15) is 25.5 Å². The van der Waals surface area contributed by atoms with Gasteiger partial charge >= 0.3 is 0 Å². The molecule has 0 radical (unpaired) electrons. The van der Waals surface area contributed by atoms with Crippen molar-refractivity contribution >= 4 is 27.3 Å². The van der Waals surface area contributed by atoms with Gasteiger partial charge in [-0.3, -0.25) is 0 Å². The summed E-state index contributed by atoms with van der Waals surface area (Å²) < 4.78 is 14.2. The Balaban J connectivity index is 2.40. The molecular formula is C16H17BrFNO. The first-order valence-corrected chi connectivity index (χ1v) is 7.33. The molecular weight excluding hydrogens is 321 g/mol. The lowest BCUT2D eigenvalue weighted by atomic mass is 10.1. The number of anilines is 2. The van der Waals surface area contributed by atoms with Gasteiger partial charge in [0, 0.05) is 22.4 Å². The lowest BCUT2D eigenvalue weighted by Crippen LogP contribution is -2.16. The van der Waals surface area contributed by atoms with Gasteiger partial charge < -0.3 is 10.0 Å². The van der Waals surface area contributed by atoms with Gasteiger partial charge in [0.25, 0.3) is 0 Å². The lowest BCUT2D eigenvalue weighted by Gasteiger charge is -2.24. The molecule has 1 atom stereocenters. The van der Waals surface area contributed by atoms with Crippen molar-refractivity contribution in [2.45, 2.75) is 20.0 Å². The first-order chi connectivity index (χ1) is 9.52. The van der Waals surface area contributed by atoms with Gasteiger partial charge in [0.1, 0.15) is 5.82 Å². The van der Waals surface area contributed by atoms with Gasteiger partial charge in [0.15, 0.2) is 0 Å². The second kappa shape index (κ2) is 6.37. The molecule has 2 nitrogen and oxygen atoms in total. The topological polar surface area (TPSA) is 23.5 Å². The van der Waals surface area contributed by atoms with Crippen molar-refractivity contribution in [3.63, 3.8) is 0 Å².